The largest absolute Gasteiger partial charge is 0.573 e. The molecule has 5 nitrogen and oxygen atoms in total. The molecule has 1 aliphatic heterocycles. The number of hydrogen-bond donors (Lipinski definition) is 0. The number of amides is 1. The van der Waals surface area contributed by atoms with Gasteiger partial charge in [-0.1, -0.05) is 0 Å². The predicted molar refractivity (Wildman–Crippen MR) is 77.3 cm³/mol. The lowest BCUT2D eigenvalue weighted by molar-refractivity contribution is -0.274. The summed E-state index contributed by atoms with van der Waals surface area (Å²) in [6.45, 7) is 2.00. The zero-order chi connectivity index (χ0) is 17.0. The van der Waals surface area contributed by atoms with Gasteiger partial charge in [-0.2, -0.15) is 0 Å². The molecule has 1 fully saturated rings. The highest BCUT2D eigenvalue weighted by Crippen LogP contribution is 2.23. The van der Waals surface area contributed by atoms with Crippen LogP contribution in [0.2, 0.25) is 0 Å². The summed E-state index contributed by atoms with van der Waals surface area (Å²) in [6.07, 6.45) is -4.74. The Morgan fingerprint density at radius 1 is 1.35 bits per heavy atom. The van der Waals surface area contributed by atoms with E-state index in [1.807, 2.05) is 19.0 Å². The van der Waals surface area contributed by atoms with Gasteiger partial charge >= 0.3 is 6.36 Å². The van der Waals surface area contributed by atoms with Crippen LogP contribution in [0.4, 0.5) is 13.2 Å². The van der Waals surface area contributed by atoms with Gasteiger partial charge in [0.05, 0.1) is 19.3 Å². The maximum absolute atomic E-state index is 12.6. The maximum atomic E-state index is 12.6. The molecule has 1 aliphatic rings. The van der Waals surface area contributed by atoms with Crippen LogP contribution in [0.25, 0.3) is 0 Å². The van der Waals surface area contributed by atoms with Gasteiger partial charge in [-0.05, 0) is 38.4 Å². The average Bonchev–Trinajstić information content (AvgIpc) is 2.45. The number of hydrogen-bond acceptors (Lipinski definition) is 4. The maximum Gasteiger partial charge on any atom is 0.573 e. The van der Waals surface area contributed by atoms with Crippen LogP contribution in [0, 0.1) is 0 Å². The first kappa shape index (κ1) is 17.6. The molecule has 0 unspecified atom stereocenters. The van der Waals surface area contributed by atoms with Gasteiger partial charge in [0.15, 0.2) is 0 Å². The predicted octanol–water partition coefficient (Wildman–Crippen LogP) is 1.99. The Morgan fingerprint density at radius 2 is 2.00 bits per heavy atom. The van der Waals surface area contributed by atoms with Crippen LogP contribution in [-0.4, -0.2) is 68.5 Å². The van der Waals surface area contributed by atoms with E-state index >= 15 is 0 Å². The first-order chi connectivity index (χ1) is 10.8. The quantitative estimate of drug-likeness (QED) is 0.846. The Morgan fingerprint density at radius 3 is 2.57 bits per heavy atom. The Bertz CT molecular complexity index is 532. The van der Waals surface area contributed by atoms with Crippen LogP contribution < -0.4 is 4.74 Å². The third-order valence-electron chi connectivity index (χ3n) is 3.40. The molecule has 0 saturated carbocycles. The first-order valence-electron chi connectivity index (χ1n) is 7.15. The zero-order valence-corrected chi connectivity index (χ0v) is 13.0. The smallest absolute Gasteiger partial charge is 0.406 e. The second-order valence-corrected chi connectivity index (χ2v) is 5.56. The van der Waals surface area contributed by atoms with Gasteiger partial charge < -0.3 is 19.3 Å². The Kier molecular flexibility index (Phi) is 5.48. The van der Waals surface area contributed by atoms with Crippen molar-refractivity contribution in [3.8, 4) is 5.75 Å². The number of benzene rings is 1. The molecule has 1 saturated heterocycles. The third kappa shape index (κ3) is 5.11. The van der Waals surface area contributed by atoms with Crippen molar-refractivity contribution in [2.75, 3.05) is 40.4 Å². The average molecular weight is 332 g/mol. The van der Waals surface area contributed by atoms with Gasteiger partial charge in [0.2, 0.25) is 0 Å². The molecule has 0 aliphatic carbocycles. The number of carbonyl (C=O) groups is 1. The molecule has 1 atom stereocenters. The number of rotatable bonds is 4. The third-order valence-corrected chi connectivity index (χ3v) is 3.40. The molecule has 0 radical (unpaired) electrons. The van der Waals surface area contributed by atoms with Gasteiger partial charge in [-0.15, -0.1) is 13.2 Å². The Hall–Kier alpha value is -1.80. The van der Waals surface area contributed by atoms with E-state index in [9.17, 15) is 18.0 Å². The van der Waals surface area contributed by atoms with Gasteiger partial charge in [0, 0.05) is 18.7 Å². The van der Waals surface area contributed by atoms with Crippen molar-refractivity contribution in [2.24, 2.45) is 0 Å². The van der Waals surface area contributed by atoms with Crippen molar-refractivity contribution in [1.29, 1.82) is 0 Å². The minimum Gasteiger partial charge on any atom is -0.406 e. The molecule has 0 bridgehead atoms. The van der Waals surface area contributed by atoms with Crippen molar-refractivity contribution < 1.29 is 27.4 Å². The minimum atomic E-state index is -4.74. The van der Waals surface area contributed by atoms with E-state index in [1.54, 1.807) is 4.90 Å². The van der Waals surface area contributed by atoms with Crippen molar-refractivity contribution in [3.05, 3.63) is 29.8 Å². The number of ether oxygens (including phenoxy) is 2. The molecule has 0 spiro atoms. The van der Waals surface area contributed by atoms with Gasteiger partial charge in [-0.25, -0.2) is 0 Å². The Balaban J connectivity index is 2.09. The number of likely N-dealkylation sites (N-methyl/N-ethyl adjacent to an activating group) is 1. The van der Waals surface area contributed by atoms with Crippen LogP contribution in [0.1, 0.15) is 10.4 Å². The SMILES string of the molecule is CN(C)C[C@@H]1COCCN1C(=O)c1ccc(OC(F)(F)F)cc1. The molecule has 0 N–H and O–H groups in total. The molecule has 23 heavy (non-hydrogen) atoms. The lowest BCUT2D eigenvalue weighted by Crippen LogP contribution is -2.52. The standard InChI is InChI=1S/C15H19F3N2O3/c1-19(2)9-12-10-22-8-7-20(12)14(21)11-3-5-13(6-4-11)23-15(16,17)18/h3-6,12H,7-10H2,1-2H3/t12-/m1/s1. The zero-order valence-electron chi connectivity index (χ0n) is 13.0. The molecule has 1 heterocycles. The normalized spacial score (nSPS) is 19.0. The van der Waals surface area contributed by atoms with E-state index in [0.717, 1.165) is 12.1 Å². The lowest BCUT2D eigenvalue weighted by Gasteiger charge is -2.37. The lowest BCUT2D eigenvalue weighted by atomic mass is 10.1. The van der Waals surface area contributed by atoms with Crippen LogP contribution in [0.15, 0.2) is 24.3 Å². The molecule has 128 valence electrons. The molecular weight excluding hydrogens is 313 g/mol. The highest BCUT2D eigenvalue weighted by atomic mass is 19.4. The summed E-state index contributed by atoms with van der Waals surface area (Å²) in [5.74, 6) is -0.570. The molecule has 1 amide bonds. The number of alkyl halides is 3. The van der Waals surface area contributed by atoms with Crippen LogP contribution in [-0.2, 0) is 4.74 Å². The van der Waals surface area contributed by atoms with Crippen molar-refractivity contribution in [1.82, 2.24) is 9.80 Å². The van der Waals surface area contributed by atoms with Gasteiger partial charge in [0.1, 0.15) is 5.75 Å². The number of halogens is 3. The summed E-state index contributed by atoms with van der Waals surface area (Å²) < 4.78 is 45.7. The fraction of sp³-hybridized carbons (Fsp3) is 0.533. The van der Waals surface area contributed by atoms with E-state index in [4.69, 9.17) is 4.74 Å². The van der Waals surface area contributed by atoms with E-state index in [-0.39, 0.29) is 17.7 Å². The van der Waals surface area contributed by atoms with Crippen molar-refractivity contribution in [2.45, 2.75) is 12.4 Å². The highest BCUT2D eigenvalue weighted by Gasteiger charge is 2.31. The molecule has 1 aromatic carbocycles. The molecule has 0 aromatic heterocycles. The summed E-state index contributed by atoms with van der Waals surface area (Å²) in [7, 11) is 3.81. The fourth-order valence-corrected chi connectivity index (χ4v) is 2.46. The van der Waals surface area contributed by atoms with Crippen molar-refractivity contribution >= 4 is 5.91 Å². The molecule has 2 rings (SSSR count). The minimum absolute atomic E-state index is 0.0858. The number of nitrogens with zero attached hydrogens (tertiary/aromatic N) is 2. The van der Waals surface area contributed by atoms with Crippen LogP contribution in [0.3, 0.4) is 0 Å². The van der Waals surface area contributed by atoms with E-state index in [1.165, 1.54) is 12.1 Å². The molecule has 8 heteroatoms. The summed E-state index contributed by atoms with van der Waals surface area (Å²) in [5.41, 5.74) is 0.324. The molecule has 1 aromatic rings. The van der Waals surface area contributed by atoms with Gasteiger partial charge in [-0.3, -0.25) is 4.79 Å². The summed E-state index contributed by atoms with van der Waals surface area (Å²) in [4.78, 5) is 16.2. The molecular formula is C15H19F3N2O3. The topological polar surface area (TPSA) is 42.0 Å². The van der Waals surface area contributed by atoms with Gasteiger partial charge in [0.25, 0.3) is 5.91 Å². The summed E-state index contributed by atoms with van der Waals surface area (Å²) >= 11 is 0. The summed E-state index contributed by atoms with van der Waals surface area (Å²) in [6, 6.07) is 4.87. The van der Waals surface area contributed by atoms with Crippen LogP contribution >= 0.6 is 0 Å². The highest BCUT2D eigenvalue weighted by molar-refractivity contribution is 5.94. The summed E-state index contributed by atoms with van der Waals surface area (Å²) in [5, 5.41) is 0. The van der Waals surface area contributed by atoms with Crippen molar-refractivity contribution in [3.63, 3.8) is 0 Å². The first-order valence-corrected chi connectivity index (χ1v) is 7.15. The van der Waals surface area contributed by atoms with E-state index in [2.05, 4.69) is 4.74 Å². The van der Waals surface area contributed by atoms with E-state index < -0.39 is 6.36 Å². The fourth-order valence-electron chi connectivity index (χ4n) is 2.46. The monoisotopic (exact) mass is 332 g/mol. The second kappa shape index (κ2) is 7.18. The van der Waals surface area contributed by atoms with Crippen LogP contribution in [0.5, 0.6) is 5.75 Å². The second-order valence-electron chi connectivity index (χ2n) is 5.56. The number of morpholine rings is 1. The Labute approximate surface area is 132 Å². The van der Waals surface area contributed by atoms with E-state index in [0.29, 0.717) is 31.9 Å². The number of carbonyl (C=O) groups excluding carboxylic acids is 1.